The van der Waals surface area contributed by atoms with Crippen molar-refractivity contribution in [2.24, 2.45) is 0 Å². The summed E-state index contributed by atoms with van der Waals surface area (Å²) in [5.41, 5.74) is 0. The van der Waals surface area contributed by atoms with Crippen LogP contribution in [0.5, 0.6) is 5.75 Å². The Morgan fingerprint density at radius 2 is 2.00 bits per heavy atom. The number of epoxide rings is 1. The molecule has 1 aromatic rings. The molecule has 0 saturated carbocycles. The van der Waals surface area contributed by atoms with Gasteiger partial charge in [0.1, 0.15) is 12.7 Å². The molecule has 0 aromatic heterocycles. The minimum Gasteiger partial charge on any atom is -0.488 e. The molecule has 2 rings (SSSR count). The average Bonchev–Trinajstić information content (AvgIpc) is 2.87. The Balaban J connectivity index is 2.07. The monoisotopic (exact) mass is 218 g/mol. The molecule has 1 saturated heterocycles. The van der Waals surface area contributed by atoms with E-state index >= 15 is 0 Å². The highest BCUT2D eigenvalue weighted by Gasteiger charge is 2.23. The van der Waals surface area contributed by atoms with Gasteiger partial charge in [-0.1, -0.05) is 29.3 Å². The molecule has 0 radical (unpaired) electrons. The molecule has 0 spiro atoms. The third-order valence-electron chi connectivity index (χ3n) is 1.73. The van der Waals surface area contributed by atoms with Crippen molar-refractivity contribution in [1.82, 2.24) is 0 Å². The molecule has 0 bridgehead atoms. The van der Waals surface area contributed by atoms with E-state index in [1.54, 1.807) is 18.2 Å². The van der Waals surface area contributed by atoms with Crippen LogP contribution in [0.15, 0.2) is 18.2 Å². The average molecular weight is 219 g/mol. The first-order valence-electron chi connectivity index (χ1n) is 3.96. The third kappa shape index (κ3) is 2.27. The minimum absolute atomic E-state index is 0.215. The van der Waals surface area contributed by atoms with Crippen molar-refractivity contribution in [3.8, 4) is 5.75 Å². The number of halogens is 2. The number of para-hydroxylation sites is 1. The van der Waals surface area contributed by atoms with Crippen LogP contribution in [0.3, 0.4) is 0 Å². The van der Waals surface area contributed by atoms with Crippen LogP contribution < -0.4 is 4.74 Å². The van der Waals surface area contributed by atoms with Gasteiger partial charge in [0.2, 0.25) is 0 Å². The molecule has 0 aliphatic carbocycles. The normalized spacial score (nSPS) is 20.0. The standard InChI is InChI=1S/C9H8Cl2O2/c10-7-2-1-3-8(11)9(7)13-5-6-4-12-6/h1-3,6H,4-5H2/t6-/m1/s1. The highest BCUT2D eigenvalue weighted by Crippen LogP contribution is 2.32. The third-order valence-corrected chi connectivity index (χ3v) is 2.33. The van der Waals surface area contributed by atoms with E-state index in [-0.39, 0.29) is 6.10 Å². The predicted molar refractivity (Wildman–Crippen MR) is 51.7 cm³/mol. The lowest BCUT2D eigenvalue weighted by Crippen LogP contribution is -2.04. The Kier molecular flexibility index (Phi) is 2.63. The fraction of sp³-hybridized carbons (Fsp3) is 0.333. The summed E-state index contributed by atoms with van der Waals surface area (Å²) in [6, 6.07) is 5.28. The Bertz CT molecular complexity index is 290. The number of rotatable bonds is 3. The van der Waals surface area contributed by atoms with Crippen LogP contribution >= 0.6 is 23.2 Å². The molecule has 70 valence electrons. The van der Waals surface area contributed by atoms with Gasteiger partial charge in [0.25, 0.3) is 0 Å². The van der Waals surface area contributed by atoms with Crippen LogP contribution in [0.2, 0.25) is 10.0 Å². The van der Waals surface area contributed by atoms with E-state index in [4.69, 9.17) is 32.7 Å². The fourth-order valence-electron chi connectivity index (χ4n) is 0.961. The Hall–Kier alpha value is -0.440. The summed E-state index contributed by atoms with van der Waals surface area (Å²) in [5, 5.41) is 1.07. The maximum absolute atomic E-state index is 5.88. The summed E-state index contributed by atoms with van der Waals surface area (Å²) in [5.74, 6) is 0.543. The van der Waals surface area contributed by atoms with E-state index in [2.05, 4.69) is 0 Å². The molecule has 2 nitrogen and oxygen atoms in total. The first-order chi connectivity index (χ1) is 6.27. The Morgan fingerprint density at radius 1 is 1.38 bits per heavy atom. The van der Waals surface area contributed by atoms with Gasteiger partial charge in [-0.3, -0.25) is 0 Å². The van der Waals surface area contributed by atoms with E-state index in [9.17, 15) is 0 Å². The first-order valence-corrected chi connectivity index (χ1v) is 4.71. The molecule has 0 N–H and O–H groups in total. The van der Waals surface area contributed by atoms with Crippen molar-refractivity contribution in [1.29, 1.82) is 0 Å². The van der Waals surface area contributed by atoms with Gasteiger partial charge in [0.15, 0.2) is 5.75 Å². The van der Waals surface area contributed by atoms with Crippen molar-refractivity contribution in [3.63, 3.8) is 0 Å². The quantitative estimate of drug-likeness (QED) is 0.729. The van der Waals surface area contributed by atoms with Crippen LogP contribution in [-0.4, -0.2) is 19.3 Å². The maximum atomic E-state index is 5.88. The van der Waals surface area contributed by atoms with Crippen LogP contribution in [-0.2, 0) is 4.74 Å². The molecule has 1 aliphatic rings. The number of benzene rings is 1. The Morgan fingerprint density at radius 3 is 2.54 bits per heavy atom. The summed E-state index contributed by atoms with van der Waals surface area (Å²) in [6.07, 6.45) is 0.215. The zero-order valence-corrected chi connectivity index (χ0v) is 8.31. The van der Waals surface area contributed by atoms with Crippen LogP contribution in [0, 0.1) is 0 Å². The summed E-state index contributed by atoms with van der Waals surface area (Å²) < 4.78 is 10.4. The summed E-state index contributed by atoms with van der Waals surface area (Å²) in [7, 11) is 0. The lowest BCUT2D eigenvalue weighted by molar-refractivity contribution is 0.263. The van der Waals surface area contributed by atoms with Crippen LogP contribution in [0.4, 0.5) is 0 Å². The smallest absolute Gasteiger partial charge is 0.156 e. The second kappa shape index (κ2) is 3.74. The molecule has 0 unspecified atom stereocenters. The molecular formula is C9H8Cl2O2. The van der Waals surface area contributed by atoms with E-state index < -0.39 is 0 Å². The van der Waals surface area contributed by atoms with Crippen molar-refractivity contribution < 1.29 is 9.47 Å². The van der Waals surface area contributed by atoms with E-state index in [0.29, 0.717) is 22.4 Å². The molecule has 1 heterocycles. The SMILES string of the molecule is Clc1cccc(Cl)c1OC[C@H]1CO1. The van der Waals surface area contributed by atoms with Gasteiger partial charge in [-0.15, -0.1) is 0 Å². The van der Waals surface area contributed by atoms with Crippen molar-refractivity contribution in [2.75, 3.05) is 13.2 Å². The van der Waals surface area contributed by atoms with E-state index in [1.165, 1.54) is 0 Å². The molecule has 1 aromatic carbocycles. The summed E-state index contributed by atoms with van der Waals surface area (Å²) in [4.78, 5) is 0. The zero-order valence-electron chi connectivity index (χ0n) is 6.80. The fourth-order valence-corrected chi connectivity index (χ4v) is 1.47. The van der Waals surface area contributed by atoms with Gasteiger partial charge in [0.05, 0.1) is 16.7 Å². The van der Waals surface area contributed by atoms with Crippen molar-refractivity contribution in [2.45, 2.75) is 6.10 Å². The highest BCUT2D eigenvalue weighted by molar-refractivity contribution is 6.37. The lowest BCUT2D eigenvalue weighted by atomic mass is 10.3. The highest BCUT2D eigenvalue weighted by atomic mass is 35.5. The molecule has 4 heteroatoms. The second-order valence-electron chi connectivity index (χ2n) is 2.82. The number of hydrogen-bond donors (Lipinski definition) is 0. The molecule has 0 amide bonds. The van der Waals surface area contributed by atoms with E-state index in [0.717, 1.165) is 6.61 Å². The van der Waals surface area contributed by atoms with Crippen molar-refractivity contribution >= 4 is 23.2 Å². The summed E-state index contributed by atoms with van der Waals surface area (Å²) >= 11 is 11.8. The predicted octanol–water partition coefficient (Wildman–Crippen LogP) is 2.77. The van der Waals surface area contributed by atoms with Gasteiger partial charge in [-0.25, -0.2) is 0 Å². The zero-order chi connectivity index (χ0) is 9.26. The minimum atomic E-state index is 0.215. The molecule has 13 heavy (non-hydrogen) atoms. The Labute approximate surface area is 86.4 Å². The summed E-state index contributed by atoms with van der Waals surface area (Å²) in [6.45, 7) is 1.28. The van der Waals surface area contributed by atoms with E-state index in [1.807, 2.05) is 0 Å². The number of ether oxygens (including phenoxy) is 2. The van der Waals surface area contributed by atoms with Crippen LogP contribution in [0.1, 0.15) is 0 Å². The van der Waals surface area contributed by atoms with Gasteiger partial charge >= 0.3 is 0 Å². The number of hydrogen-bond acceptors (Lipinski definition) is 2. The van der Waals surface area contributed by atoms with Gasteiger partial charge in [-0.05, 0) is 12.1 Å². The van der Waals surface area contributed by atoms with Gasteiger partial charge < -0.3 is 9.47 Å². The molecule has 1 fully saturated rings. The van der Waals surface area contributed by atoms with Crippen molar-refractivity contribution in [3.05, 3.63) is 28.2 Å². The lowest BCUT2D eigenvalue weighted by Gasteiger charge is -2.07. The van der Waals surface area contributed by atoms with Gasteiger partial charge in [-0.2, -0.15) is 0 Å². The van der Waals surface area contributed by atoms with Crippen LogP contribution in [0.25, 0.3) is 0 Å². The topological polar surface area (TPSA) is 21.8 Å². The maximum Gasteiger partial charge on any atom is 0.156 e. The molecule has 1 atom stereocenters. The molecule has 1 aliphatic heterocycles. The van der Waals surface area contributed by atoms with Gasteiger partial charge in [0, 0.05) is 0 Å². The first kappa shape index (κ1) is 9.13. The second-order valence-corrected chi connectivity index (χ2v) is 3.63. The largest absolute Gasteiger partial charge is 0.488 e. The molecular weight excluding hydrogens is 211 g/mol.